The topological polar surface area (TPSA) is 141 Å². The molecule has 0 radical (unpaired) electrons. The van der Waals surface area contributed by atoms with E-state index in [0.717, 1.165) is 34.4 Å². The van der Waals surface area contributed by atoms with E-state index in [-0.39, 0.29) is 64.2 Å². The molecular weight excluding hydrogens is 620 g/mol. The lowest BCUT2D eigenvalue weighted by molar-refractivity contribution is -0.144. The van der Waals surface area contributed by atoms with Gasteiger partial charge in [0.05, 0.1) is 33.0 Å². The maximum absolute atomic E-state index is 13.0. The molecule has 1 aliphatic carbocycles. The zero-order chi connectivity index (χ0) is 34.3. The van der Waals surface area contributed by atoms with E-state index >= 15 is 0 Å². The van der Waals surface area contributed by atoms with Gasteiger partial charge in [0.25, 0.3) is 5.78 Å². The average Bonchev–Trinajstić information content (AvgIpc) is 3.49. The summed E-state index contributed by atoms with van der Waals surface area (Å²) in [5.74, 6) is -3.09. The van der Waals surface area contributed by atoms with Crippen LogP contribution in [-0.4, -0.2) is 88.4 Å². The van der Waals surface area contributed by atoms with Crippen molar-refractivity contribution < 1.29 is 52.4 Å². The summed E-state index contributed by atoms with van der Waals surface area (Å²) in [4.78, 5) is 61.0. The van der Waals surface area contributed by atoms with Crippen molar-refractivity contribution in [3.63, 3.8) is 0 Å². The first-order valence-corrected chi connectivity index (χ1v) is 15.2. The van der Waals surface area contributed by atoms with Crippen LogP contribution in [0.15, 0.2) is 92.0 Å². The Morgan fingerprint density at radius 2 is 1.17 bits per heavy atom. The van der Waals surface area contributed by atoms with Crippen molar-refractivity contribution in [2.24, 2.45) is 0 Å². The fraction of sp³-hybridized carbons (Fsp3) is 0.270. The molecule has 4 rings (SSSR count). The molecule has 0 saturated carbocycles. The Hall–Kier alpha value is -5.23. The fourth-order valence-electron chi connectivity index (χ4n) is 4.83. The van der Waals surface area contributed by atoms with Crippen LogP contribution in [0.3, 0.4) is 0 Å². The average molecular weight is 657 g/mol. The van der Waals surface area contributed by atoms with E-state index in [1.54, 1.807) is 30.3 Å². The van der Waals surface area contributed by atoms with E-state index in [2.05, 4.69) is 13.2 Å². The molecule has 48 heavy (non-hydrogen) atoms. The molecule has 11 heteroatoms. The second-order valence-electron chi connectivity index (χ2n) is 10.5. The van der Waals surface area contributed by atoms with Gasteiger partial charge in [-0.15, -0.1) is 0 Å². The summed E-state index contributed by atoms with van der Waals surface area (Å²) in [5, 5.41) is 0. The van der Waals surface area contributed by atoms with Gasteiger partial charge < -0.3 is 28.4 Å². The molecule has 0 aliphatic heterocycles. The number of rotatable bonds is 20. The van der Waals surface area contributed by atoms with Crippen LogP contribution in [0, 0.1) is 0 Å². The number of ether oxygens (including phenoxy) is 6. The third-order valence-corrected chi connectivity index (χ3v) is 7.19. The predicted octanol–water partition coefficient (Wildman–Crippen LogP) is 4.09. The van der Waals surface area contributed by atoms with Gasteiger partial charge in [-0.2, -0.15) is 0 Å². The summed E-state index contributed by atoms with van der Waals surface area (Å²) in [6, 6.07) is 19.6. The molecule has 3 aromatic rings. The van der Waals surface area contributed by atoms with Crippen LogP contribution in [0.4, 0.5) is 0 Å². The second kappa shape index (κ2) is 18.2. The Bertz CT molecular complexity index is 1640. The number of hydrogen-bond donors (Lipinski definition) is 0. The van der Waals surface area contributed by atoms with Crippen molar-refractivity contribution in [3.05, 3.63) is 120 Å². The molecule has 0 fully saturated rings. The zero-order valence-corrected chi connectivity index (χ0v) is 26.4. The minimum atomic E-state index is -1.03. The number of fused-ring (bicyclic) bond motifs is 3. The van der Waals surface area contributed by atoms with Gasteiger partial charge in [-0.3, -0.25) is 9.59 Å². The van der Waals surface area contributed by atoms with Crippen molar-refractivity contribution in [2.75, 3.05) is 52.9 Å². The first-order valence-electron chi connectivity index (χ1n) is 15.2. The number of benzene rings is 3. The van der Waals surface area contributed by atoms with Gasteiger partial charge in [-0.05, 0) is 40.8 Å². The summed E-state index contributed by atoms with van der Waals surface area (Å²) in [5.41, 5.74) is 4.95. The minimum Gasteiger partial charge on any atom is -0.460 e. The van der Waals surface area contributed by atoms with Crippen molar-refractivity contribution in [1.29, 1.82) is 0 Å². The lowest BCUT2D eigenvalue weighted by Gasteiger charge is -2.18. The number of carbonyl (C=O) groups is 5. The molecule has 0 amide bonds. The van der Waals surface area contributed by atoms with Crippen LogP contribution in [0.5, 0.6) is 0 Å². The fourth-order valence-corrected chi connectivity index (χ4v) is 4.83. The Morgan fingerprint density at radius 3 is 1.77 bits per heavy atom. The number of carbonyl (C=O) groups excluding carboxylic acids is 5. The van der Waals surface area contributed by atoms with Crippen molar-refractivity contribution in [3.8, 4) is 11.1 Å². The Balaban J connectivity index is 1.26. The first kappa shape index (κ1) is 35.6. The third kappa shape index (κ3) is 10.1. The van der Waals surface area contributed by atoms with Crippen molar-refractivity contribution in [1.82, 2.24) is 0 Å². The van der Waals surface area contributed by atoms with E-state index < -0.39 is 29.8 Å². The standard InChI is InChI=1S/C37H36O11/c1-3-33(38)46-16-14-43-23-30(45-18-19-47-34(39)4-2)24-44-15-17-48-37(42)36(41)29-13-11-27-20-26-10-12-28(21-31(26)32(27)22-29)35(40)25-8-6-5-7-9-25/h3-13,21-22,30H,1-2,14-20,23-24H2. The third-order valence-electron chi connectivity index (χ3n) is 7.19. The second-order valence-corrected chi connectivity index (χ2v) is 10.5. The molecule has 3 aromatic carbocycles. The van der Waals surface area contributed by atoms with Crippen LogP contribution in [0.25, 0.3) is 11.1 Å². The van der Waals surface area contributed by atoms with Crippen LogP contribution >= 0.6 is 0 Å². The molecule has 0 aromatic heterocycles. The number of Topliss-reactive ketones (excluding diaryl/α,β-unsaturated/α-hetero) is 1. The summed E-state index contributed by atoms with van der Waals surface area (Å²) < 4.78 is 31.6. The molecule has 0 N–H and O–H groups in total. The van der Waals surface area contributed by atoms with E-state index in [9.17, 15) is 24.0 Å². The highest BCUT2D eigenvalue weighted by atomic mass is 16.6. The lowest BCUT2D eigenvalue weighted by Crippen LogP contribution is -2.29. The molecule has 1 unspecified atom stereocenters. The number of ketones is 2. The van der Waals surface area contributed by atoms with Crippen LogP contribution < -0.4 is 0 Å². The van der Waals surface area contributed by atoms with E-state index in [1.807, 2.05) is 36.4 Å². The molecule has 0 bridgehead atoms. The smallest absolute Gasteiger partial charge is 0.379 e. The maximum atomic E-state index is 13.0. The van der Waals surface area contributed by atoms with Gasteiger partial charge in [0, 0.05) is 28.8 Å². The summed E-state index contributed by atoms with van der Waals surface area (Å²) in [7, 11) is 0. The van der Waals surface area contributed by atoms with E-state index in [0.29, 0.717) is 17.5 Å². The minimum absolute atomic E-state index is 0.0146. The summed E-state index contributed by atoms with van der Waals surface area (Å²) >= 11 is 0. The quantitative estimate of drug-likeness (QED) is 0.0339. The van der Waals surface area contributed by atoms with Gasteiger partial charge in [-0.25, -0.2) is 14.4 Å². The Morgan fingerprint density at radius 1 is 0.625 bits per heavy atom. The van der Waals surface area contributed by atoms with Crippen LogP contribution in [0.1, 0.15) is 37.4 Å². The lowest BCUT2D eigenvalue weighted by atomic mass is 9.96. The van der Waals surface area contributed by atoms with Gasteiger partial charge in [0.15, 0.2) is 5.78 Å². The van der Waals surface area contributed by atoms with Crippen molar-refractivity contribution in [2.45, 2.75) is 12.5 Å². The molecular formula is C37H36O11. The number of esters is 3. The maximum Gasteiger partial charge on any atom is 0.379 e. The summed E-state index contributed by atoms with van der Waals surface area (Å²) in [6.45, 7) is 6.69. The SMILES string of the molecule is C=CC(=O)OCCOCC(COCCOC(=O)C(=O)c1ccc2c(c1)-c1cc(C(=O)c3ccccc3)ccc1C2)OCCOC(=O)C=C. The van der Waals surface area contributed by atoms with Crippen LogP contribution in [-0.2, 0) is 49.2 Å². The van der Waals surface area contributed by atoms with Crippen LogP contribution in [0.2, 0.25) is 0 Å². The van der Waals surface area contributed by atoms with Crippen molar-refractivity contribution >= 4 is 29.5 Å². The van der Waals surface area contributed by atoms with E-state index in [1.165, 1.54) is 0 Å². The van der Waals surface area contributed by atoms with Gasteiger partial charge in [-0.1, -0.05) is 67.8 Å². The molecule has 1 aliphatic rings. The molecule has 11 nitrogen and oxygen atoms in total. The molecule has 0 heterocycles. The normalized spacial score (nSPS) is 11.8. The van der Waals surface area contributed by atoms with Gasteiger partial charge in [0.1, 0.15) is 25.9 Å². The highest BCUT2D eigenvalue weighted by molar-refractivity contribution is 6.40. The van der Waals surface area contributed by atoms with E-state index in [4.69, 9.17) is 28.4 Å². The first-order chi connectivity index (χ1) is 23.3. The monoisotopic (exact) mass is 656 g/mol. The number of hydrogen-bond acceptors (Lipinski definition) is 11. The van der Waals surface area contributed by atoms with Gasteiger partial charge in [0.2, 0.25) is 0 Å². The zero-order valence-electron chi connectivity index (χ0n) is 26.4. The highest BCUT2D eigenvalue weighted by Crippen LogP contribution is 2.38. The highest BCUT2D eigenvalue weighted by Gasteiger charge is 2.24. The summed E-state index contributed by atoms with van der Waals surface area (Å²) in [6.07, 6.45) is 2.15. The molecule has 0 saturated heterocycles. The molecule has 0 spiro atoms. The Labute approximate surface area is 278 Å². The largest absolute Gasteiger partial charge is 0.460 e. The molecule has 250 valence electrons. The Kier molecular flexibility index (Phi) is 13.5. The molecule has 1 atom stereocenters. The predicted molar refractivity (Wildman–Crippen MR) is 174 cm³/mol. The van der Waals surface area contributed by atoms with Gasteiger partial charge >= 0.3 is 17.9 Å².